The molecule has 0 atom stereocenters. The summed E-state index contributed by atoms with van der Waals surface area (Å²) in [6.45, 7) is 9.59. The number of hydrogen-bond donors (Lipinski definition) is 1. The van der Waals surface area contributed by atoms with Crippen molar-refractivity contribution in [3.05, 3.63) is 17.5 Å². The molecule has 0 unspecified atom stereocenters. The summed E-state index contributed by atoms with van der Waals surface area (Å²) in [6, 6.07) is 1.96. The molecule has 1 heterocycles. The molecule has 0 saturated heterocycles. The van der Waals surface area contributed by atoms with Crippen molar-refractivity contribution in [2.75, 3.05) is 13.2 Å². The zero-order valence-electron chi connectivity index (χ0n) is 11.2. The highest BCUT2D eigenvalue weighted by Crippen LogP contribution is 2.05. The summed E-state index contributed by atoms with van der Waals surface area (Å²) in [5, 5.41) is 7.32. The van der Waals surface area contributed by atoms with E-state index in [9.17, 15) is 0 Å². The molecule has 0 aliphatic heterocycles. The van der Waals surface area contributed by atoms with E-state index < -0.39 is 0 Å². The van der Waals surface area contributed by atoms with Crippen molar-refractivity contribution in [3.8, 4) is 0 Å². The van der Waals surface area contributed by atoms with Crippen molar-refractivity contribution < 1.29 is 9.26 Å². The Morgan fingerprint density at radius 1 is 1.47 bits per heavy atom. The van der Waals surface area contributed by atoms with Gasteiger partial charge in [0.1, 0.15) is 6.61 Å². The molecule has 0 spiro atoms. The first-order valence-electron chi connectivity index (χ1n) is 6.45. The first kappa shape index (κ1) is 14.2. The maximum atomic E-state index is 5.46. The van der Waals surface area contributed by atoms with E-state index in [1.807, 2.05) is 6.07 Å². The van der Waals surface area contributed by atoms with Crippen LogP contribution in [0.3, 0.4) is 0 Å². The third-order valence-electron chi connectivity index (χ3n) is 2.35. The van der Waals surface area contributed by atoms with Crippen molar-refractivity contribution in [2.45, 2.75) is 46.8 Å². The van der Waals surface area contributed by atoms with Gasteiger partial charge < -0.3 is 14.6 Å². The molecule has 0 fully saturated rings. The summed E-state index contributed by atoms with van der Waals surface area (Å²) in [6.07, 6.45) is 2.25. The van der Waals surface area contributed by atoms with Crippen molar-refractivity contribution in [2.24, 2.45) is 5.92 Å². The van der Waals surface area contributed by atoms with E-state index in [1.54, 1.807) is 0 Å². The van der Waals surface area contributed by atoms with Crippen molar-refractivity contribution >= 4 is 0 Å². The molecule has 1 N–H and O–H groups in total. The van der Waals surface area contributed by atoms with E-state index in [0.29, 0.717) is 12.5 Å². The number of nitrogens with one attached hydrogen (secondary N) is 1. The SMILES string of the molecule is CCCCOCc1cc(CNCC(C)C)no1. The predicted octanol–water partition coefficient (Wildman–Crippen LogP) is 2.74. The van der Waals surface area contributed by atoms with Crippen molar-refractivity contribution in [1.82, 2.24) is 10.5 Å². The molecule has 0 bridgehead atoms. The molecule has 1 aromatic heterocycles. The van der Waals surface area contributed by atoms with Gasteiger partial charge in [-0.05, 0) is 18.9 Å². The molecule has 1 aromatic rings. The molecule has 0 aliphatic rings. The summed E-state index contributed by atoms with van der Waals surface area (Å²) >= 11 is 0. The van der Waals surface area contributed by atoms with E-state index in [-0.39, 0.29) is 0 Å². The molecule has 98 valence electrons. The highest BCUT2D eigenvalue weighted by atomic mass is 16.5. The normalized spacial score (nSPS) is 11.3. The third kappa shape index (κ3) is 6.44. The van der Waals surface area contributed by atoms with Crippen LogP contribution in [0.5, 0.6) is 0 Å². The second kappa shape index (κ2) is 8.25. The van der Waals surface area contributed by atoms with Gasteiger partial charge in [-0.15, -0.1) is 0 Å². The molecular weight excluding hydrogens is 216 g/mol. The molecule has 0 amide bonds. The fourth-order valence-electron chi connectivity index (χ4n) is 1.42. The minimum Gasteiger partial charge on any atom is -0.373 e. The molecule has 0 aliphatic carbocycles. The van der Waals surface area contributed by atoms with Crippen LogP contribution in [0.25, 0.3) is 0 Å². The van der Waals surface area contributed by atoms with Crippen LogP contribution in [-0.2, 0) is 17.9 Å². The van der Waals surface area contributed by atoms with E-state index >= 15 is 0 Å². The minimum atomic E-state index is 0.525. The predicted molar refractivity (Wildman–Crippen MR) is 67.6 cm³/mol. The topological polar surface area (TPSA) is 47.3 Å². The lowest BCUT2D eigenvalue weighted by Gasteiger charge is -2.04. The first-order valence-corrected chi connectivity index (χ1v) is 6.45. The van der Waals surface area contributed by atoms with Gasteiger partial charge in [-0.2, -0.15) is 0 Å². The van der Waals surface area contributed by atoms with Crippen molar-refractivity contribution in [1.29, 1.82) is 0 Å². The van der Waals surface area contributed by atoms with Gasteiger partial charge in [-0.3, -0.25) is 0 Å². The van der Waals surface area contributed by atoms with Crippen LogP contribution in [0.1, 0.15) is 45.1 Å². The Bertz CT molecular complexity index is 297. The maximum Gasteiger partial charge on any atom is 0.162 e. The highest BCUT2D eigenvalue weighted by molar-refractivity contribution is 5.04. The maximum absolute atomic E-state index is 5.46. The van der Waals surface area contributed by atoms with Crippen LogP contribution in [0.15, 0.2) is 10.6 Å². The Labute approximate surface area is 104 Å². The summed E-state index contributed by atoms with van der Waals surface area (Å²) < 4.78 is 10.6. The molecule has 0 saturated carbocycles. The van der Waals surface area contributed by atoms with Gasteiger partial charge in [0.25, 0.3) is 0 Å². The molecular formula is C13H24N2O2. The van der Waals surface area contributed by atoms with Crippen LogP contribution < -0.4 is 5.32 Å². The molecule has 17 heavy (non-hydrogen) atoms. The largest absolute Gasteiger partial charge is 0.373 e. The lowest BCUT2D eigenvalue weighted by Crippen LogP contribution is -2.19. The Kier molecular flexibility index (Phi) is 6.89. The van der Waals surface area contributed by atoms with Gasteiger partial charge in [0.05, 0.1) is 5.69 Å². The average molecular weight is 240 g/mol. The van der Waals surface area contributed by atoms with Crippen LogP contribution in [-0.4, -0.2) is 18.3 Å². The lowest BCUT2D eigenvalue weighted by molar-refractivity contribution is 0.0986. The van der Waals surface area contributed by atoms with E-state index in [2.05, 4.69) is 31.2 Å². The number of nitrogens with zero attached hydrogens (tertiary/aromatic N) is 1. The molecule has 1 rings (SSSR count). The summed E-state index contributed by atoms with van der Waals surface area (Å²) in [5.74, 6) is 1.46. The number of unbranched alkanes of at least 4 members (excludes halogenated alkanes) is 1. The molecule has 4 nitrogen and oxygen atoms in total. The molecule has 0 radical (unpaired) electrons. The number of aromatic nitrogens is 1. The number of rotatable bonds is 9. The highest BCUT2D eigenvalue weighted by Gasteiger charge is 2.04. The van der Waals surface area contributed by atoms with Crippen LogP contribution >= 0.6 is 0 Å². The summed E-state index contributed by atoms with van der Waals surface area (Å²) in [4.78, 5) is 0. The van der Waals surface area contributed by atoms with E-state index in [1.165, 1.54) is 0 Å². The molecule has 0 aromatic carbocycles. The Hall–Kier alpha value is -0.870. The summed E-state index contributed by atoms with van der Waals surface area (Å²) in [5.41, 5.74) is 0.944. The van der Waals surface area contributed by atoms with Gasteiger partial charge in [0.15, 0.2) is 5.76 Å². The monoisotopic (exact) mass is 240 g/mol. The fourth-order valence-corrected chi connectivity index (χ4v) is 1.42. The van der Waals surface area contributed by atoms with Gasteiger partial charge in [0, 0.05) is 19.2 Å². The second-order valence-electron chi connectivity index (χ2n) is 4.72. The summed E-state index contributed by atoms with van der Waals surface area (Å²) in [7, 11) is 0. The van der Waals surface area contributed by atoms with E-state index in [4.69, 9.17) is 9.26 Å². The zero-order valence-corrected chi connectivity index (χ0v) is 11.2. The number of ether oxygens (including phenoxy) is 1. The van der Waals surface area contributed by atoms with Crippen LogP contribution in [0, 0.1) is 5.92 Å². The Morgan fingerprint density at radius 2 is 2.29 bits per heavy atom. The van der Waals surface area contributed by atoms with E-state index in [0.717, 1.165) is 44.0 Å². The van der Waals surface area contributed by atoms with Gasteiger partial charge in [-0.25, -0.2) is 0 Å². The fraction of sp³-hybridized carbons (Fsp3) is 0.769. The zero-order chi connectivity index (χ0) is 12.5. The quantitative estimate of drug-likeness (QED) is 0.674. The molecule has 4 heteroatoms. The number of hydrogen-bond acceptors (Lipinski definition) is 4. The van der Waals surface area contributed by atoms with Crippen LogP contribution in [0.4, 0.5) is 0 Å². The first-order chi connectivity index (χ1) is 8.22. The Balaban J connectivity index is 2.18. The third-order valence-corrected chi connectivity index (χ3v) is 2.35. The minimum absolute atomic E-state index is 0.525. The average Bonchev–Trinajstić information content (AvgIpc) is 2.72. The standard InChI is InChI=1S/C13H24N2O2/c1-4-5-6-16-10-13-7-12(15-17-13)9-14-8-11(2)3/h7,11,14H,4-6,8-10H2,1-3H3. The van der Waals surface area contributed by atoms with Gasteiger partial charge >= 0.3 is 0 Å². The second-order valence-corrected chi connectivity index (χ2v) is 4.72. The lowest BCUT2D eigenvalue weighted by atomic mass is 10.2. The van der Waals surface area contributed by atoms with Crippen LogP contribution in [0.2, 0.25) is 0 Å². The van der Waals surface area contributed by atoms with Gasteiger partial charge in [-0.1, -0.05) is 32.3 Å². The smallest absolute Gasteiger partial charge is 0.162 e. The van der Waals surface area contributed by atoms with Crippen molar-refractivity contribution in [3.63, 3.8) is 0 Å². The Morgan fingerprint density at radius 3 is 3.00 bits per heavy atom. The van der Waals surface area contributed by atoms with Gasteiger partial charge in [0.2, 0.25) is 0 Å².